The second-order valence-electron chi connectivity index (χ2n) is 5.57. The molecule has 0 amide bonds. The Kier molecular flexibility index (Phi) is 4.17. The van der Waals surface area contributed by atoms with Crippen molar-refractivity contribution in [3.8, 4) is 10.6 Å². The number of anilines is 1. The Morgan fingerprint density at radius 3 is 2.65 bits per heavy atom. The lowest BCUT2D eigenvalue weighted by molar-refractivity contribution is 0.601. The third-order valence-electron chi connectivity index (χ3n) is 3.79. The van der Waals surface area contributed by atoms with Gasteiger partial charge in [-0.05, 0) is 24.3 Å². The highest BCUT2D eigenvalue weighted by molar-refractivity contribution is 7.92. The monoisotopic (exact) mass is 385 g/mol. The van der Waals surface area contributed by atoms with Gasteiger partial charge in [-0.15, -0.1) is 10.2 Å². The fraction of sp³-hybridized carbons (Fsp3) is 0.118. The van der Waals surface area contributed by atoms with Crippen LogP contribution in [-0.4, -0.2) is 28.2 Å². The SMILES string of the molecule is CCc1nnc2sc(-c3cccc(NS(=O)(=O)c4ccccc4)c3)nn12. The van der Waals surface area contributed by atoms with Gasteiger partial charge in [0.2, 0.25) is 4.96 Å². The molecule has 0 atom stereocenters. The van der Waals surface area contributed by atoms with Gasteiger partial charge in [-0.1, -0.05) is 48.6 Å². The summed E-state index contributed by atoms with van der Waals surface area (Å²) in [6.07, 6.45) is 0.737. The van der Waals surface area contributed by atoms with Crippen molar-refractivity contribution >= 4 is 32.0 Å². The van der Waals surface area contributed by atoms with Gasteiger partial charge in [-0.25, -0.2) is 8.42 Å². The van der Waals surface area contributed by atoms with Crippen molar-refractivity contribution in [1.29, 1.82) is 0 Å². The molecule has 0 aliphatic carbocycles. The van der Waals surface area contributed by atoms with Crippen LogP contribution >= 0.6 is 11.3 Å². The van der Waals surface area contributed by atoms with Crippen LogP contribution in [0.3, 0.4) is 0 Å². The normalized spacial score (nSPS) is 11.7. The zero-order valence-corrected chi connectivity index (χ0v) is 15.5. The summed E-state index contributed by atoms with van der Waals surface area (Å²) in [5.74, 6) is 0.795. The molecule has 2 aromatic heterocycles. The Morgan fingerprint density at radius 1 is 1.08 bits per heavy atom. The molecule has 0 saturated carbocycles. The maximum Gasteiger partial charge on any atom is 0.261 e. The van der Waals surface area contributed by atoms with Gasteiger partial charge in [-0.2, -0.15) is 9.61 Å². The fourth-order valence-corrected chi connectivity index (χ4v) is 4.45. The highest BCUT2D eigenvalue weighted by atomic mass is 32.2. The molecule has 7 nitrogen and oxygen atoms in total. The predicted octanol–water partition coefficient (Wildman–Crippen LogP) is 3.22. The Bertz CT molecular complexity index is 1170. The first kappa shape index (κ1) is 16.7. The van der Waals surface area contributed by atoms with E-state index >= 15 is 0 Å². The zero-order valence-electron chi connectivity index (χ0n) is 13.8. The maximum absolute atomic E-state index is 12.5. The first-order valence-corrected chi connectivity index (χ1v) is 10.3. The van der Waals surface area contributed by atoms with E-state index in [1.54, 1.807) is 53.0 Å². The second kappa shape index (κ2) is 6.50. The molecule has 0 fully saturated rings. The van der Waals surface area contributed by atoms with E-state index in [9.17, 15) is 8.42 Å². The number of nitrogens with zero attached hydrogens (tertiary/aromatic N) is 4. The van der Waals surface area contributed by atoms with Crippen LogP contribution in [0.2, 0.25) is 0 Å². The maximum atomic E-state index is 12.5. The number of fused-ring (bicyclic) bond motifs is 1. The number of aryl methyl sites for hydroxylation is 1. The van der Waals surface area contributed by atoms with E-state index in [-0.39, 0.29) is 4.90 Å². The molecule has 0 aliphatic heterocycles. The van der Waals surface area contributed by atoms with Gasteiger partial charge in [0.25, 0.3) is 10.0 Å². The van der Waals surface area contributed by atoms with Gasteiger partial charge in [0.05, 0.1) is 4.90 Å². The third-order valence-corrected chi connectivity index (χ3v) is 6.13. The quantitative estimate of drug-likeness (QED) is 0.570. The molecule has 26 heavy (non-hydrogen) atoms. The Labute approximate surface area is 154 Å². The van der Waals surface area contributed by atoms with Gasteiger partial charge in [-0.3, -0.25) is 4.72 Å². The van der Waals surface area contributed by atoms with E-state index in [0.717, 1.165) is 22.8 Å². The van der Waals surface area contributed by atoms with E-state index in [0.29, 0.717) is 10.6 Å². The van der Waals surface area contributed by atoms with Crippen LogP contribution in [0, 0.1) is 0 Å². The molecule has 1 N–H and O–H groups in total. The van der Waals surface area contributed by atoms with Crippen LogP contribution in [0.1, 0.15) is 12.7 Å². The van der Waals surface area contributed by atoms with E-state index in [2.05, 4.69) is 20.0 Å². The summed E-state index contributed by atoms with van der Waals surface area (Å²) in [5.41, 5.74) is 1.30. The summed E-state index contributed by atoms with van der Waals surface area (Å²) < 4.78 is 29.3. The van der Waals surface area contributed by atoms with E-state index in [1.165, 1.54) is 11.3 Å². The number of nitrogens with one attached hydrogen (secondary N) is 1. The number of hydrogen-bond acceptors (Lipinski definition) is 6. The van der Waals surface area contributed by atoms with Gasteiger partial charge in [0.1, 0.15) is 5.01 Å². The van der Waals surface area contributed by atoms with Gasteiger partial charge >= 0.3 is 0 Å². The molecular weight excluding hydrogens is 370 g/mol. The minimum Gasteiger partial charge on any atom is -0.280 e. The Balaban J connectivity index is 1.67. The smallest absolute Gasteiger partial charge is 0.261 e. The molecule has 2 aromatic carbocycles. The average Bonchev–Trinajstić information content (AvgIpc) is 3.23. The Hall–Kier alpha value is -2.78. The van der Waals surface area contributed by atoms with Crippen molar-refractivity contribution in [3.05, 3.63) is 60.4 Å². The van der Waals surface area contributed by atoms with Crippen molar-refractivity contribution < 1.29 is 8.42 Å². The highest BCUT2D eigenvalue weighted by Gasteiger charge is 2.15. The molecule has 132 valence electrons. The minimum atomic E-state index is -3.63. The molecule has 9 heteroatoms. The van der Waals surface area contributed by atoms with E-state index < -0.39 is 10.0 Å². The van der Waals surface area contributed by atoms with Crippen molar-refractivity contribution in [2.45, 2.75) is 18.2 Å². The predicted molar refractivity (Wildman–Crippen MR) is 101 cm³/mol. The minimum absolute atomic E-state index is 0.219. The third kappa shape index (κ3) is 3.06. The summed E-state index contributed by atoms with van der Waals surface area (Å²) in [6, 6.07) is 15.4. The molecule has 0 unspecified atom stereocenters. The fourth-order valence-electron chi connectivity index (χ4n) is 2.52. The summed E-state index contributed by atoms with van der Waals surface area (Å²) in [4.78, 5) is 0.934. The van der Waals surface area contributed by atoms with Gasteiger partial charge < -0.3 is 0 Å². The lowest BCUT2D eigenvalue weighted by Crippen LogP contribution is -2.12. The van der Waals surface area contributed by atoms with Crippen LogP contribution in [0.5, 0.6) is 0 Å². The summed E-state index contributed by atoms with van der Waals surface area (Å²) in [5, 5.41) is 13.5. The summed E-state index contributed by atoms with van der Waals surface area (Å²) >= 11 is 1.41. The number of aromatic nitrogens is 4. The van der Waals surface area contributed by atoms with Crippen molar-refractivity contribution in [2.24, 2.45) is 0 Å². The van der Waals surface area contributed by atoms with Crippen LogP contribution in [-0.2, 0) is 16.4 Å². The number of benzene rings is 2. The number of rotatable bonds is 5. The van der Waals surface area contributed by atoms with E-state index in [1.807, 2.05) is 13.0 Å². The van der Waals surface area contributed by atoms with Crippen LogP contribution in [0.25, 0.3) is 15.5 Å². The number of hydrogen-bond donors (Lipinski definition) is 1. The molecule has 4 rings (SSSR count). The van der Waals surface area contributed by atoms with Crippen LogP contribution < -0.4 is 4.72 Å². The largest absolute Gasteiger partial charge is 0.280 e. The van der Waals surface area contributed by atoms with Crippen molar-refractivity contribution in [2.75, 3.05) is 4.72 Å². The van der Waals surface area contributed by atoms with Gasteiger partial charge in [0.15, 0.2) is 5.82 Å². The van der Waals surface area contributed by atoms with Crippen molar-refractivity contribution in [3.63, 3.8) is 0 Å². The first-order valence-electron chi connectivity index (χ1n) is 7.96. The lowest BCUT2D eigenvalue weighted by atomic mass is 10.2. The van der Waals surface area contributed by atoms with Gasteiger partial charge in [0, 0.05) is 17.7 Å². The average molecular weight is 385 g/mol. The molecular formula is C17H15N5O2S2. The molecule has 0 bridgehead atoms. The molecule has 0 radical (unpaired) electrons. The van der Waals surface area contributed by atoms with Crippen LogP contribution in [0.15, 0.2) is 59.5 Å². The summed E-state index contributed by atoms with van der Waals surface area (Å²) in [7, 11) is -3.63. The summed E-state index contributed by atoms with van der Waals surface area (Å²) in [6.45, 7) is 1.99. The standard InChI is InChI=1S/C17H15N5O2S2/c1-2-15-18-19-17-22(15)20-16(25-17)12-7-6-8-13(11-12)21-26(23,24)14-9-4-3-5-10-14/h3-11,21H,2H2,1H3. The highest BCUT2D eigenvalue weighted by Crippen LogP contribution is 2.28. The zero-order chi connectivity index (χ0) is 18.1. The second-order valence-corrected chi connectivity index (χ2v) is 8.21. The number of sulfonamides is 1. The van der Waals surface area contributed by atoms with Crippen molar-refractivity contribution in [1.82, 2.24) is 19.8 Å². The Morgan fingerprint density at radius 2 is 1.88 bits per heavy atom. The lowest BCUT2D eigenvalue weighted by Gasteiger charge is -2.08. The molecule has 0 spiro atoms. The molecule has 0 saturated heterocycles. The molecule has 2 heterocycles. The first-order chi connectivity index (χ1) is 12.6. The topological polar surface area (TPSA) is 89.2 Å². The van der Waals surface area contributed by atoms with E-state index in [4.69, 9.17) is 0 Å². The molecule has 4 aromatic rings. The molecule has 0 aliphatic rings. The van der Waals surface area contributed by atoms with Crippen LogP contribution in [0.4, 0.5) is 5.69 Å².